The van der Waals surface area contributed by atoms with E-state index < -0.39 is 5.60 Å². The smallest absolute Gasteiger partial charge is 0.123 e. The van der Waals surface area contributed by atoms with Gasteiger partial charge in [0.2, 0.25) is 0 Å². The molecule has 1 aliphatic rings. The summed E-state index contributed by atoms with van der Waals surface area (Å²) in [5, 5.41) is 13.4. The van der Waals surface area contributed by atoms with E-state index in [2.05, 4.69) is 5.32 Å². The quantitative estimate of drug-likeness (QED) is 0.773. The number of β-amino-alcohol motifs (C(OH)–C–C–N with tert-alkyl or cyclic N) is 1. The lowest BCUT2D eigenvalue weighted by Gasteiger charge is -2.32. The average molecular weight is 209 g/mol. The second kappa shape index (κ2) is 4.29. The van der Waals surface area contributed by atoms with Crippen molar-refractivity contribution in [1.29, 1.82) is 0 Å². The van der Waals surface area contributed by atoms with Gasteiger partial charge in [-0.1, -0.05) is 12.1 Å². The maximum atomic E-state index is 12.9. The van der Waals surface area contributed by atoms with Gasteiger partial charge in [0.05, 0.1) is 5.60 Å². The molecular formula is C12H16FNO. The van der Waals surface area contributed by atoms with E-state index in [1.165, 1.54) is 12.1 Å². The molecule has 1 atom stereocenters. The van der Waals surface area contributed by atoms with E-state index in [0.717, 1.165) is 24.9 Å². The van der Waals surface area contributed by atoms with Gasteiger partial charge in [-0.2, -0.15) is 0 Å². The molecule has 2 nitrogen and oxygen atoms in total. The van der Waals surface area contributed by atoms with E-state index in [9.17, 15) is 9.50 Å². The normalized spacial score (nSPS) is 26.5. The highest BCUT2D eigenvalue weighted by molar-refractivity contribution is 5.18. The van der Waals surface area contributed by atoms with Gasteiger partial charge in [0, 0.05) is 13.0 Å². The maximum Gasteiger partial charge on any atom is 0.123 e. The van der Waals surface area contributed by atoms with Crippen LogP contribution in [0.4, 0.5) is 4.39 Å². The van der Waals surface area contributed by atoms with Crippen LogP contribution in [0.25, 0.3) is 0 Å². The molecule has 15 heavy (non-hydrogen) atoms. The lowest BCUT2D eigenvalue weighted by Crippen LogP contribution is -2.47. The number of hydrogen-bond acceptors (Lipinski definition) is 2. The van der Waals surface area contributed by atoms with Crippen LogP contribution in [0.2, 0.25) is 0 Å². The molecule has 1 unspecified atom stereocenters. The van der Waals surface area contributed by atoms with E-state index in [1.807, 2.05) is 6.07 Å². The van der Waals surface area contributed by atoms with E-state index in [4.69, 9.17) is 0 Å². The fourth-order valence-corrected chi connectivity index (χ4v) is 2.13. The molecule has 0 saturated carbocycles. The molecule has 0 bridgehead atoms. The van der Waals surface area contributed by atoms with E-state index in [0.29, 0.717) is 13.0 Å². The van der Waals surface area contributed by atoms with Crippen molar-refractivity contribution in [2.75, 3.05) is 13.1 Å². The topological polar surface area (TPSA) is 32.3 Å². The molecular weight excluding hydrogens is 193 g/mol. The summed E-state index contributed by atoms with van der Waals surface area (Å²) in [4.78, 5) is 0. The monoisotopic (exact) mass is 209 g/mol. The Hall–Kier alpha value is -0.930. The first-order valence-electron chi connectivity index (χ1n) is 5.36. The molecule has 3 heteroatoms. The molecule has 0 spiro atoms. The summed E-state index contributed by atoms with van der Waals surface area (Å²) in [5.74, 6) is -0.236. The fourth-order valence-electron chi connectivity index (χ4n) is 2.13. The summed E-state index contributed by atoms with van der Waals surface area (Å²) >= 11 is 0. The zero-order valence-corrected chi connectivity index (χ0v) is 8.67. The molecule has 0 aliphatic carbocycles. The third kappa shape index (κ3) is 2.76. The van der Waals surface area contributed by atoms with Crippen molar-refractivity contribution in [1.82, 2.24) is 5.32 Å². The molecule has 1 aromatic carbocycles. The summed E-state index contributed by atoms with van der Waals surface area (Å²) in [5.41, 5.74) is 0.160. The number of aliphatic hydroxyl groups is 1. The number of hydrogen-bond donors (Lipinski definition) is 2. The Labute approximate surface area is 89.1 Å². The molecule has 1 saturated heterocycles. The zero-order chi connectivity index (χ0) is 10.7. The van der Waals surface area contributed by atoms with Crippen LogP contribution < -0.4 is 5.32 Å². The van der Waals surface area contributed by atoms with Crippen molar-refractivity contribution in [2.24, 2.45) is 0 Å². The molecule has 0 amide bonds. The predicted molar refractivity (Wildman–Crippen MR) is 57.2 cm³/mol. The highest BCUT2D eigenvalue weighted by Gasteiger charge is 2.29. The Bertz CT molecular complexity index is 334. The molecule has 1 aromatic rings. The average Bonchev–Trinajstić information content (AvgIpc) is 2.18. The van der Waals surface area contributed by atoms with Crippen LogP contribution in [-0.2, 0) is 6.42 Å². The van der Waals surface area contributed by atoms with Crippen LogP contribution in [0, 0.1) is 5.82 Å². The second-order valence-corrected chi connectivity index (χ2v) is 4.31. The van der Waals surface area contributed by atoms with Gasteiger partial charge in [0.1, 0.15) is 5.82 Å². The Kier molecular flexibility index (Phi) is 3.03. The van der Waals surface area contributed by atoms with Gasteiger partial charge in [-0.15, -0.1) is 0 Å². The number of rotatable bonds is 2. The minimum atomic E-state index is -0.702. The van der Waals surface area contributed by atoms with Crippen LogP contribution in [-0.4, -0.2) is 23.8 Å². The molecule has 0 aromatic heterocycles. The largest absolute Gasteiger partial charge is 0.388 e. The minimum Gasteiger partial charge on any atom is -0.388 e. The lowest BCUT2D eigenvalue weighted by atomic mass is 9.87. The Morgan fingerprint density at radius 1 is 1.47 bits per heavy atom. The SMILES string of the molecule is OC1(Cc2cccc(F)c2)CCCNC1. The first kappa shape index (κ1) is 10.6. The van der Waals surface area contributed by atoms with Crippen molar-refractivity contribution < 1.29 is 9.50 Å². The van der Waals surface area contributed by atoms with E-state index in [-0.39, 0.29) is 5.82 Å². The van der Waals surface area contributed by atoms with Crippen molar-refractivity contribution in [3.05, 3.63) is 35.6 Å². The van der Waals surface area contributed by atoms with Crippen LogP contribution in [0.15, 0.2) is 24.3 Å². The van der Waals surface area contributed by atoms with Crippen molar-refractivity contribution in [2.45, 2.75) is 24.9 Å². The molecule has 1 heterocycles. The van der Waals surface area contributed by atoms with Crippen molar-refractivity contribution in [3.8, 4) is 0 Å². The third-order valence-corrected chi connectivity index (χ3v) is 2.87. The van der Waals surface area contributed by atoms with Crippen LogP contribution in [0.3, 0.4) is 0 Å². The van der Waals surface area contributed by atoms with Gasteiger partial charge in [-0.05, 0) is 37.1 Å². The number of halogens is 1. The van der Waals surface area contributed by atoms with E-state index >= 15 is 0 Å². The summed E-state index contributed by atoms with van der Waals surface area (Å²) in [6, 6.07) is 6.46. The van der Waals surface area contributed by atoms with Crippen LogP contribution >= 0.6 is 0 Å². The second-order valence-electron chi connectivity index (χ2n) is 4.31. The molecule has 2 rings (SSSR count). The van der Waals surface area contributed by atoms with Gasteiger partial charge >= 0.3 is 0 Å². The highest BCUT2D eigenvalue weighted by atomic mass is 19.1. The third-order valence-electron chi connectivity index (χ3n) is 2.87. The number of benzene rings is 1. The number of piperidine rings is 1. The molecule has 1 aliphatic heterocycles. The molecule has 0 radical (unpaired) electrons. The summed E-state index contributed by atoms with van der Waals surface area (Å²) in [6.07, 6.45) is 2.29. The van der Waals surface area contributed by atoms with Gasteiger partial charge in [-0.3, -0.25) is 0 Å². The minimum absolute atomic E-state index is 0.236. The van der Waals surface area contributed by atoms with Crippen LogP contribution in [0.5, 0.6) is 0 Å². The first-order chi connectivity index (χ1) is 7.18. The summed E-state index contributed by atoms with van der Waals surface area (Å²) in [6.45, 7) is 1.56. The Balaban J connectivity index is 2.06. The highest BCUT2D eigenvalue weighted by Crippen LogP contribution is 2.21. The predicted octanol–water partition coefficient (Wildman–Crippen LogP) is 1.48. The molecule has 2 N–H and O–H groups in total. The lowest BCUT2D eigenvalue weighted by molar-refractivity contribution is 0.0169. The first-order valence-corrected chi connectivity index (χ1v) is 5.36. The van der Waals surface area contributed by atoms with Crippen molar-refractivity contribution in [3.63, 3.8) is 0 Å². The number of nitrogens with one attached hydrogen (secondary N) is 1. The summed E-state index contributed by atoms with van der Waals surface area (Å²) < 4.78 is 12.9. The van der Waals surface area contributed by atoms with Gasteiger partial charge in [0.15, 0.2) is 0 Å². The Morgan fingerprint density at radius 2 is 2.33 bits per heavy atom. The van der Waals surface area contributed by atoms with Gasteiger partial charge < -0.3 is 10.4 Å². The Morgan fingerprint density at radius 3 is 3.00 bits per heavy atom. The molecule has 82 valence electrons. The van der Waals surface area contributed by atoms with E-state index in [1.54, 1.807) is 6.07 Å². The van der Waals surface area contributed by atoms with Gasteiger partial charge in [0.25, 0.3) is 0 Å². The van der Waals surface area contributed by atoms with Gasteiger partial charge in [-0.25, -0.2) is 4.39 Å². The maximum absolute atomic E-state index is 12.9. The standard InChI is InChI=1S/C12H16FNO/c13-11-4-1-3-10(7-11)8-12(15)5-2-6-14-9-12/h1,3-4,7,14-15H,2,5-6,8-9H2. The molecule has 1 fully saturated rings. The fraction of sp³-hybridized carbons (Fsp3) is 0.500. The van der Waals surface area contributed by atoms with Crippen molar-refractivity contribution >= 4 is 0 Å². The zero-order valence-electron chi connectivity index (χ0n) is 8.67. The summed E-state index contributed by atoms with van der Waals surface area (Å²) in [7, 11) is 0. The van der Waals surface area contributed by atoms with Crippen LogP contribution in [0.1, 0.15) is 18.4 Å².